The van der Waals surface area contributed by atoms with E-state index in [0.717, 1.165) is 78.3 Å². The van der Waals surface area contributed by atoms with Gasteiger partial charge in [0.05, 0.1) is 85.5 Å². The predicted octanol–water partition coefficient (Wildman–Crippen LogP) is 1.70. The zero-order chi connectivity index (χ0) is 19.1. The van der Waals surface area contributed by atoms with Gasteiger partial charge in [0.1, 0.15) is 11.4 Å². The standard InChI is InChI=1S/C19H33N5O2/c1-16-14-17(20-6-10-23(2,3)11-7-20)19(22(25)26)18(15-16)21-8-12-24(4,5)13-9-21/h14-15H,6-13H2,1-5H3/q+2. The molecule has 0 aliphatic carbocycles. The number of nitro groups is 1. The number of likely N-dealkylation sites (N-methyl/N-ethyl adjacent to an activating group) is 2. The fraction of sp³-hybridized carbons (Fsp3) is 0.684. The Balaban J connectivity index is 1.96. The average Bonchev–Trinajstić information content (AvgIpc) is 2.53. The molecule has 2 heterocycles. The first-order valence-electron chi connectivity index (χ1n) is 9.51. The third kappa shape index (κ3) is 3.94. The highest BCUT2D eigenvalue weighted by molar-refractivity contribution is 5.79. The Bertz CT molecular complexity index is 632. The summed E-state index contributed by atoms with van der Waals surface area (Å²) in [5.74, 6) is 0. The van der Waals surface area contributed by atoms with Crippen LogP contribution in [0.3, 0.4) is 0 Å². The maximum absolute atomic E-state index is 12.0. The normalized spacial score (nSPS) is 22.3. The van der Waals surface area contributed by atoms with Crippen LogP contribution in [0, 0.1) is 17.0 Å². The summed E-state index contributed by atoms with van der Waals surface area (Å²) >= 11 is 0. The summed E-state index contributed by atoms with van der Waals surface area (Å²) in [5.41, 5.74) is 2.97. The maximum atomic E-state index is 12.0. The van der Waals surface area contributed by atoms with Crippen LogP contribution >= 0.6 is 0 Å². The van der Waals surface area contributed by atoms with Crippen molar-refractivity contribution in [1.82, 2.24) is 0 Å². The molecule has 2 aliphatic heterocycles. The molecule has 0 saturated carbocycles. The number of hydrogen-bond acceptors (Lipinski definition) is 4. The second kappa shape index (κ2) is 6.70. The van der Waals surface area contributed by atoms with Crippen molar-refractivity contribution in [1.29, 1.82) is 0 Å². The molecule has 2 aliphatic rings. The summed E-state index contributed by atoms with van der Waals surface area (Å²) in [5, 5.41) is 12.0. The number of nitro benzene ring substituents is 1. The summed E-state index contributed by atoms with van der Waals surface area (Å²) < 4.78 is 1.95. The van der Waals surface area contributed by atoms with Crippen molar-refractivity contribution in [3.8, 4) is 0 Å². The third-order valence-electron chi connectivity index (χ3n) is 5.98. The van der Waals surface area contributed by atoms with Crippen LogP contribution < -0.4 is 9.80 Å². The van der Waals surface area contributed by atoms with Gasteiger partial charge in [0.2, 0.25) is 0 Å². The highest BCUT2D eigenvalue weighted by Gasteiger charge is 2.34. The van der Waals surface area contributed by atoms with Crippen molar-refractivity contribution >= 4 is 17.1 Å². The number of anilines is 2. The molecule has 7 heteroatoms. The van der Waals surface area contributed by atoms with Crippen molar-refractivity contribution in [3.63, 3.8) is 0 Å². The topological polar surface area (TPSA) is 49.6 Å². The van der Waals surface area contributed by atoms with Crippen molar-refractivity contribution < 1.29 is 13.9 Å². The summed E-state index contributed by atoms with van der Waals surface area (Å²) in [6.07, 6.45) is 0. The number of piperazine rings is 2. The zero-order valence-corrected chi connectivity index (χ0v) is 16.9. The molecule has 0 unspecified atom stereocenters. The van der Waals surface area contributed by atoms with Crippen LogP contribution in [-0.4, -0.2) is 94.4 Å². The lowest BCUT2D eigenvalue weighted by atomic mass is 10.1. The molecule has 0 bridgehead atoms. The van der Waals surface area contributed by atoms with Gasteiger partial charge in [0, 0.05) is 0 Å². The molecule has 2 saturated heterocycles. The van der Waals surface area contributed by atoms with Crippen molar-refractivity contribution in [3.05, 3.63) is 27.8 Å². The Kier molecular flexibility index (Phi) is 4.88. The Morgan fingerprint density at radius 2 is 1.19 bits per heavy atom. The molecule has 144 valence electrons. The predicted molar refractivity (Wildman–Crippen MR) is 106 cm³/mol. The lowest BCUT2D eigenvalue weighted by molar-refractivity contribution is -0.890. The minimum absolute atomic E-state index is 0.173. The average molecular weight is 364 g/mol. The van der Waals surface area contributed by atoms with Gasteiger partial charge in [0.25, 0.3) is 0 Å². The summed E-state index contributed by atoms with van der Waals surface area (Å²) in [7, 11) is 8.89. The SMILES string of the molecule is Cc1cc(N2CC[N+](C)(C)CC2)c([N+](=O)[O-])c(N2CC[N+](C)(C)CC2)c1. The lowest BCUT2D eigenvalue weighted by Gasteiger charge is -2.41. The fourth-order valence-electron chi connectivity index (χ4n) is 3.90. The smallest absolute Gasteiger partial charge is 0.315 e. The number of quaternary nitrogens is 2. The molecule has 3 rings (SSSR count). The molecule has 26 heavy (non-hydrogen) atoms. The van der Waals surface area contributed by atoms with E-state index in [1.807, 2.05) is 19.1 Å². The van der Waals surface area contributed by atoms with Crippen molar-refractivity contribution in [2.75, 3.05) is 90.3 Å². The number of nitrogens with zero attached hydrogens (tertiary/aromatic N) is 5. The Morgan fingerprint density at radius 3 is 1.50 bits per heavy atom. The van der Waals surface area contributed by atoms with E-state index in [9.17, 15) is 10.1 Å². The molecule has 7 nitrogen and oxygen atoms in total. The van der Waals surface area contributed by atoms with Crippen LogP contribution in [0.15, 0.2) is 12.1 Å². The van der Waals surface area contributed by atoms with E-state index in [1.54, 1.807) is 0 Å². The van der Waals surface area contributed by atoms with Crippen LogP contribution in [0.2, 0.25) is 0 Å². The van der Waals surface area contributed by atoms with E-state index < -0.39 is 0 Å². The molecule has 2 fully saturated rings. The first-order valence-corrected chi connectivity index (χ1v) is 9.51. The van der Waals surface area contributed by atoms with E-state index >= 15 is 0 Å². The van der Waals surface area contributed by atoms with Crippen LogP contribution in [0.5, 0.6) is 0 Å². The van der Waals surface area contributed by atoms with Gasteiger partial charge in [0.15, 0.2) is 0 Å². The van der Waals surface area contributed by atoms with Gasteiger partial charge in [-0.2, -0.15) is 0 Å². The molecule has 0 aromatic heterocycles. The monoisotopic (exact) mass is 363 g/mol. The quantitative estimate of drug-likeness (QED) is 0.466. The second-order valence-corrected chi connectivity index (χ2v) is 9.15. The van der Waals surface area contributed by atoms with E-state index in [4.69, 9.17) is 0 Å². The lowest BCUT2D eigenvalue weighted by Crippen LogP contribution is -2.55. The molecule has 0 radical (unpaired) electrons. The number of hydrogen-bond donors (Lipinski definition) is 0. The molecular formula is C19H33N5O2+2. The Labute approximate surface area is 156 Å². The highest BCUT2D eigenvalue weighted by Crippen LogP contribution is 2.40. The van der Waals surface area contributed by atoms with Crippen LogP contribution in [0.25, 0.3) is 0 Å². The van der Waals surface area contributed by atoms with Gasteiger partial charge < -0.3 is 18.8 Å². The van der Waals surface area contributed by atoms with E-state index in [0.29, 0.717) is 0 Å². The van der Waals surface area contributed by atoms with E-state index in [-0.39, 0.29) is 10.6 Å². The number of rotatable bonds is 3. The van der Waals surface area contributed by atoms with Gasteiger partial charge in [-0.3, -0.25) is 10.1 Å². The minimum Gasteiger partial charge on any atom is -0.355 e. The molecule has 0 spiro atoms. The van der Waals surface area contributed by atoms with E-state index in [1.165, 1.54) is 0 Å². The number of aryl methyl sites for hydroxylation is 1. The van der Waals surface area contributed by atoms with Gasteiger partial charge >= 0.3 is 5.69 Å². The highest BCUT2D eigenvalue weighted by atomic mass is 16.6. The van der Waals surface area contributed by atoms with Gasteiger partial charge in [-0.05, 0) is 24.6 Å². The molecule has 1 aromatic carbocycles. The third-order valence-corrected chi connectivity index (χ3v) is 5.98. The first-order chi connectivity index (χ1) is 12.1. The van der Waals surface area contributed by atoms with Gasteiger partial charge in [-0.25, -0.2) is 0 Å². The van der Waals surface area contributed by atoms with Crippen LogP contribution in [-0.2, 0) is 0 Å². The van der Waals surface area contributed by atoms with Crippen molar-refractivity contribution in [2.24, 2.45) is 0 Å². The molecule has 0 atom stereocenters. The zero-order valence-electron chi connectivity index (χ0n) is 16.9. The Hall–Kier alpha value is -1.86. The summed E-state index contributed by atoms with van der Waals surface area (Å²) in [6.45, 7) is 9.53. The fourth-order valence-corrected chi connectivity index (χ4v) is 3.90. The largest absolute Gasteiger partial charge is 0.355 e. The number of benzene rings is 1. The van der Waals surface area contributed by atoms with Gasteiger partial charge in [-0.15, -0.1) is 0 Å². The second-order valence-electron chi connectivity index (χ2n) is 9.15. The first kappa shape index (κ1) is 18.9. The molecular weight excluding hydrogens is 330 g/mol. The maximum Gasteiger partial charge on any atom is 0.315 e. The van der Waals surface area contributed by atoms with Crippen molar-refractivity contribution in [2.45, 2.75) is 6.92 Å². The van der Waals surface area contributed by atoms with Crippen LogP contribution in [0.1, 0.15) is 5.56 Å². The molecule has 0 amide bonds. The molecule has 0 N–H and O–H groups in total. The minimum atomic E-state index is -0.173. The van der Waals surface area contributed by atoms with Gasteiger partial charge in [-0.1, -0.05) is 0 Å². The summed E-state index contributed by atoms with van der Waals surface area (Å²) in [4.78, 5) is 16.3. The van der Waals surface area contributed by atoms with Crippen LogP contribution in [0.4, 0.5) is 17.1 Å². The molecule has 1 aromatic rings. The Morgan fingerprint density at radius 1 is 0.846 bits per heavy atom. The summed E-state index contributed by atoms with van der Waals surface area (Å²) in [6, 6.07) is 3.99. The van der Waals surface area contributed by atoms with E-state index in [2.05, 4.69) is 38.0 Å².